The number of carbonyl (C=O) groups excluding carboxylic acids is 1. The largest absolute Gasteiger partial charge is 0.356 e. The smallest absolute Gasteiger partial charge is 0.267 e. The maximum atomic E-state index is 12.8. The molecule has 2 saturated carbocycles. The molecule has 0 atom stereocenters. The molecule has 0 bridgehead atoms. The predicted octanol–water partition coefficient (Wildman–Crippen LogP) is 1.28. The van der Waals surface area contributed by atoms with Crippen molar-refractivity contribution in [3.63, 3.8) is 0 Å². The third kappa shape index (κ3) is 4.74. The Morgan fingerprint density at radius 3 is 1.93 bits per heavy atom. The topological polar surface area (TPSA) is 97.5 Å². The molecule has 0 unspecified atom stereocenters. The summed E-state index contributed by atoms with van der Waals surface area (Å²) < 4.78 is 28.4. The van der Waals surface area contributed by atoms with Crippen LogP contribution in [0.5, 0.6) is 0 Å². The van der Waals surface area contributed by atoms with Gasteiger partial charge in [0.25, 0.3) is 5.91 Å². The van der Waals surface area contributed by atoms with Gasteiger partial charge >= 0.3 is 0 Å². The first-order valence-corrected chi connectivity index (χ1v) is 13.0. The zero-order valence-electron chi connectivity index (χ0n) is 17.5. The second-order valence-electron chi connectivity index (χ2n) is 9.43. The van der Waals surface area contributed by atoms with E-state index in [1.54, 1.807) is 0 Å². The van der Waals surface area contributed by atoms with Crippen LogP contribution in [0.1, 0.15) is 61.9 Å². The number of piperidine rings is 2. The fraction of sp³-hybridized carbons (Fsp3) is 0.762. The maximum absolute atomic E-state index is 12.8. The van der Waals surface area contributed by atoms with Gasteiger partial charge in [0.1, 0.15) is 10.6 Å². The van der Waals surface area contributed by atoms with E-state index < -0.39 is 10.0 Å². The molecule has 3 N–H and O–H groups in total. The first-order chi connectivity index (χ1) is 14.5. The fourth-order valence-electron chi connectivity index (χ4n) is 4.88. The highest BCUT2D eigenvalue weighted by atomic mass is 32.2. The quantitative estimate of drug-likeness (QED) is 0.599. The zero-order chi connectivity index (χ0) is 20.7. The molecule has 30 heavy (non-hydrogen) atoms. The van der Waals surface area contributed by atoms with Gasteiger partial charge < -0.3 is 20.1 Å². The molecule has 2 aliphatic heterocycles. The molecule has 8 nitrogen and oxygen atoms in total. The number of hydrogen-bond acceptors (Lipinski definition) is 5. The van der Waals surface area contributed by atoms with E-state index in [9.17, 15) is 13.2 Å². The average molecular weight is 436 g/mol. The molecule has 5 rings (SSSR count). The van der Waals surface area contributed by atoms with E-state index in [1.807, 2.05) is 0 Å². The maximum Gasteiger partial charge on any atom is 0.267 e. The first-order valence-electron chi connectivity index (χ1n) is 11.5. The monoisotopic (exact) mass is 435 g/mol. The Balaban J connectivity index is 1.12. The van der Waals surface area contributed by atoms with Gasteiger partial charge in [-0.25, -0.2) is 13.1 Å². The summed E-state index contributed by atoms with van der Waals surface area (Å²) in [6.45, 7) is 3.98. The van der Waals surface area contributed by atoms with Crippen molar-refractivity contribution in [2.24, 2.45) is 0 Å². The van der Waals surface area contributed by atoms with Crippen LogP contribution in [0.3, 0.4) is 0 Å². The summed E-state index contributed by atoms with van der Waals surface area (Å²) in [4.78, 5) is 20.6. The molecule has 3 heterocycles. The molecule has 1 aromatic rings. The number of rotatable bonds is 7. The lowest BCUT2D eigenvalue weighted by Gasteiger charge is -2.32. The van der Waals surface area contributed by atoms with E-state index in [1.165, 1.54) is 37.9 Å². The molecule has 4 fully saturated rings. The van der Waals surface area contributed by atoms with Crippen molar-refractivity contribution in [3.05, 3.63) is 18.0 Å². The summed E-state index contributed by atoms with van der Waals surface area (Å²) in [5.41, 5.74) is 0.309. The van der Waals surface area contributed by atoms with Gasteiger partial charge in [0.05, 0.1) is 0 Å². The number of nitrogens with one attached hydrogen (secondary N) is 3. The minimum atomic E-state index is -3.62. The second-order valence-corrected chi connectivity index (χ2v) is 11.1. The van der Waals surface area contributed by atoms with Crippen LogP contribution in [-0.4, -0.2) is 79.5 Å². The van der Waals surface area contributed by atoms with Gasteiger partial charge in [0, 0.05) is 43.5 Å². The van der Waals surface area contributed by atoms with Gasteiger partial charge in [-0.1, -0.05) is 0 Å². The standard InChI is InChI=1S/C21H33N5O3S/c27-21(23-15-5-9-25(10-6-15)17-1-2-17)20-13-19(14-22-20)30(28,29)24-16-7-11-26(12-8-16)18-3-4-18/h13-18,22,24H,1-12H2,(H,23,27). The van der Waals surface area contributed by atoms with Crippen molar-refractivity contribution in [1.82, 2.24) is 24.8 Å². The van der Waals surface area contributed by atoms with Crippen molar-refractivity contribution in [2.75, 3.05) is 26.2 Å². The van der Waals surface area contributed by atoms with Crippen LogP contribution < -0.4 is 10.0 Å². The summed E-state index contributed by atoms with van der Waals surface area (Å²) >= 11 is 0. The van der Waals surface area contributed by atoms with E-state index >= 15 is 0 Å². The lowest BCUT2D eigenvalue weighted by Crippen LogP contribution is -2.45. The van der Waals surface area contributed by atoms with Gasteiger partial charge in [0.2, 0.25) is 10.0 Å². The van der Waals surface area contributed by atoms with Crippen LogP contribution >= 0.6 is 0 Å². The Morgan fingerprint density at radius 1 is 0.867 bits per heavy atom. The average Bonchev–Trinajstić information content (AvgIpc) is 3.67. The second kappa shape index (κ2) is 8.26. The van der Waals surface area contributed by atoms with E-state index in [2.05, 4.69) is 24.8 Å². The highest BCUT2D eigenvalue weighted by Crippen LogP contribution is 2.30. The van der Waals surface area contributed by atoms with Crippen molar-refractivity contribution in [3.8, 4) is 0 Å². The van der Waals surface area contributed by atoms with Gasteiger partial charge in [-0.2, -0.15) is 0 Å². The lowest BCUT2D eigenvalue weighted by molar-refractivity contribution is 0.0904. The molecule has 9 heteroatoms. The molecule has 1 aromatic heterocycles. The van der Waals surface area contributed by atoms with Gasteiger partial charge in [0.15, 0.2) is 0 Å². The highest BCUT2D eigenvalue weighted by molar-refractivity contribution is 7.89. The number of carbonyl (C=O) groups is 1. The molecule has 0 radical (unpaired) electrons. The van der Waals surface area contributed by atoms with Crippen molar-refractivity contribution in [1.29, 1.82) is 0 Å². The third-order valence-corrected chi connectivity index (χ3v) is 8.55. The molecule has 0 spiro atoms. The Labute approximate surface area is 178 Å². The fourth-order valence-corrected chi connectivity index (χ4v) is 6.18. The molecule has 1 amide bonds. The van der Waals surface area contributed by atoms with Crippen LogP contribution in [0.15, 0.2) is 17.2 Å². The normalized spacial score (nSPS) is 25.5. The van der Waals surface area contributed by atoms with Crippen molar-refractivity contribution >= 4 is 15.9 Å². The zero-order valence-corrected chi connectivity index (χ0v) is 18.3. The first kappa shape index (κ1) is 20.5. The molecule has 166 valence electrons. The number of likely N-dealkylation sites (tertiary alicyclic amines) is 2. The van der Waals surface area contributed by atoms with E-state index in [-0.39, 0.29) is 22.9 Å². The Bertz CT molecular complexity index is 861. The number of nitrogens with zero attached hydrogens (tertiary/aromatic N) is 2. The van der Waals surface area contributed by atoms with Crippen molar-refractivity contribution < 1.29 is 13.2 Å². The number of hydrogen-bond donors (Lipinski definition) is 3. The van der Waals surface area contributed by atoms with Crippen molar-refractivity contribution in [2.45, 2.75) is 80.4 Å². The summed E-state index contributed by atoms with van der Waals surface area (Å²) in [5.74, 6) is -0.223. The lowest BCUT2D eigenvalue weighted by atomic mass is 10.0. The minimum absolute atomic E-state index is 0.0335. The van der Waals surface area contributed by atoms with Crippen LogP contribution in [0, 0.1) is 0 Å². The Kier molecular flexibility index (Phi) is 5.64. The van der Waals surface area contributed by atoms with Gasteiger partial charge in [-0.05, 0) is 70.5 Å². The number of H-pyrrole nitrogens is 1. The molecule has 2 aliphatic carbocycles. The number of aromatic nitrogens is 1. The van der Waals surface area contributed by atoms with E-state index in [4.69, 9.17) is 0 Å². The Hall–Kier alpha value is -1.42. The summed E-state index contributed by atoms with van der Waals surface area (Å²) in [6, 6.07) is 3.08. The van der Waals surface area contributed by atoms with Crippen LogP contribution in [0.4, 0.5) is 0 Å². The number of amides is 1. The SMILES string of the molecule is O=C(NC1CCN(C2CC2)CC1)c1cc(S(=O)(=O)NC2CCN(C3CC3)CC2)c[nH]1. The number of sulfonamides is 1. The van der Waals surface area contributed by atoms with Gasteiger partial charge in [-0.15, -0.1) is 0 Å². The summed E-state index contributed by atoms with van der Waals surface area (Å²) in [5, 5.41) is 3.06. The Morgan fingerprint density at radius 2 is 1.40 bits per heavy atom. The predicted molar refractivity (Wildman–Crippen MR) is 114 cm³/mol. The number of aromatic amines is 1. The van der Waals surface area contributed by atoms with Crippen LogP contribution in [0.25, 0.3) is 0 Å². The molecular formula is C21H33N5O3S. The molecule has 2 saturated heterocycles. The molecular weight excluding hydrogens is 402 g/mol. The third-order valence-electron chi connectivity index (χ3n) is 7.05. The summed E-state index contributed by atoms with van der Waals surface area (Å²) in [7, 11) is -3.62. The van der Waals surface area contributed by atoms with Crippen LogP contribution in [-0.2, 0) is 10.0 Å². The highest BCUT2D eigenvalue weighted by Gasteiger charge is 2.34. The van der Waals surface area contributed by atoms with Crippen LogP contribution in [0.2, 0.25) is 0 Å². The van der Waals surface area contributed by atoms with E-state index in [0.29, 0.717) is 5.69 Å². The molecule has 4 aliphatic rings. The van der Waals surface area contributed by atoms with Gasteiger partial charge in [-0.3, -0.25) is 4.79 Å². The minimum Gasteiger partial charge on any atom is -0.356 e. The summed E-state index contributed by atoms with van der Waals surface area (Å²) in [6.07, 6.45) is 10.2. The molecule has 0 aromatic carbocycles. The van der Waals surface area contributed by atoms with E-state index in [0.717, 1.165) is 63.9 Å².